The smallest absolute Gasteiger partial charge is 0.271 e. The predicted octanol–water partition coefficient (Wildman–Crippen LogP) is 3.92. The van der Waals surface area contributed by atoms with E-state index >= 15 is 0 Å². The molecular weight excluding hydrogens is 506 g/mol. The van der Waals surface area contributed by atoms with Crippen LogP contribution in [-0.2, 0) is 9.59 Å². The van der Waals surface area contributed by atoms with Crippen LogP contribution >= 0.6 is 11.6 Å². The van der Waals surface area contributed by atoms with Crippen molar-refractivity contribution in [1.29, 1.82) is 5.26 Å². The molecule has 1 aliphatic carbocycles. The Hall–Kier alpha value is -3.25. The summed E-state index contributed by atoms with van der Waals surface area (Å²) in [6.07, 6.45) is 7.66. The molecule has 3 aliphatic rings. The monoisotopic (exact) mass is 539 g/mol. The molecule has 1 spiro atoms. The van der Waals surface area contributed by atoms with Crippen molar-refractivity contribution in [2.75, 3.05) is 20.2 Å². The van der Waals surface area contributed by atoms with Crippen LogP contribution in [0.2, 0.25) is 5.02 Å². The fourth-order valence-corrected chi connectivity index (χ4v) is 6.79. The van der Waals surface area contributed by atoms with E-state index in [1.807, 2.05) is 0 Å². The molecule has 3 N–H and O–H groups in total. The molecule has 1 aromatic carbocycles. The van der Waals surface area contributed by atoms with E-state index in [0.717, 1.165) is 44.0 Å². The third-order valence-electron chi connectivity index (χ3n) is 8.52. The molecule has 202 valence electrons. The lowest BCUT2D eigenvalue weighted by molar-refractivity contribution is -0.128. The van der Waals surface area contributed by atoms with Gasteiger partial charge in [0.25, 0.3) is 5.91 Å². The first kappa shape index (κ1) is 26.4. The Morgan fingerprint density at radius 1 is 1.29 bits per heavy atom. The molecule has 2 saturated heterocycles. The molecule has 2 aliphatic heterocycles. The number of rotatable bonds is 6. The number of aromatic nitrogens is 1. The number of nitrogens with zero attached hydrogens (tertiary/aromatic N) is 2. The molecule has 38 heavy (non-hydrogen) atoms. The number of amides is 3. The molecule has 0 unspecified atom stereocenters. The number of aromatic amines is 1. The molecule has 1 aromatic heterocycles. The number of methoxy groups -OCH3 is 1. The number of carbonyl (C=O) groups is 3. The normalized spacial score (nSPS) is 23.6. The third-order valence-corrected chi connectivity index (χ3v) is 8.82. The zero-order valence-electron chi connectivity index (χ0n) is 21.6. The molecule has 3 fully saturated rings. The highest BCUT2D eigenvalue weighted by Gasteiger charge is 2.49. The second-order valence-corrected chi connectivity index (χ2v) is 11.4. The summed E-state index contributed by atoms with van der Waals surface area (Å²) >= 11 is 6.28. The van der Waals surface area contributed by atoms with Gasteiger partial charge in [-0.3, -0.25) is 14.4 Å². The van der Waals surface area contributed by atoms with Gasteiger partial charge in [0.1, 0.15) is 23.5 Å². The van der Waals surface area contributed by atoms with Gasteiger partial charge < -0.3 is 25.3 Å². The molecule has 3 amide bonds. The fourth-order valence-electron chi connectivity index (χ4n) is 6.55. The maximum Gasteiger partial charge on any atom is 0.271 e. The van der Waals surface area contributed by atoms with Gasteiger partial charge in [0.2, 0.25) is 11.8 Å². The molecule has 9 nitrogen and oxygen atoms in total. The number of hydrogen-bond acceptors (Lipinski definition) is 5. The van der Waals surface area contributed by atoms with Crippen molar-refractivity contribution in [2.45, 2.75) is 69.9 Å². The Bertz CT molecular complexity index is 1280. The number of benzene rings is 1. The number of piperidine rings is 1. The summed E-state index contributed by atoms with van der Waals surface area (Å²) in [5, 5.41) is 16.6. The zero-order valence-corrected chi connectivity index (χ0v) is 22.4. The van der Waals surface area contributed by atoms with Gasteiger partial charge in [-0.25, -0.2) is 0 Å². The minimum atomic E-state index is -0.796. The number of halogens is 1. The number of nitriles is 1. The molecular formula is C28H34ClN5O4. The Labute approximate surface area is 227 Å². The van der Waals surface area contributed by atoms with Gasteiger partial charge in [-0.05, 0) is 62.1 Å². The van der Waals surface area contributed by atoms with Crippen molar-refractivity contribution in [2.24, 2.45) is 11.3 Å². The topological polar surface area (TPSA) is 127 Å². The number of likely N-dealkylation sites (tertiary alicyclic amines) is 1. The number of ether oxygens (including phenoxy) is 1. The molecule has 10 heteroatoms. The highest BCUT2D eigenvalue weighted by atomic mass is 35.5. The maximum atomic E-state index is 13.9. The van der Waals surface area contributed by atoms with Crippen molar-refractivity contribution >= 4 is 40.2 Å². The molecule has 3 heterocycles. The molecule has 0 bridgehead atoms. The quantitative estimate of drug-likeness (QED) is 0.512. The summed E-state index contributed by atoms with van der Waals surface area (Å²) in [6, 6.07) is 5.91. The van der Waals surface area contributed by atoms with Crippen molar-refractivity contribution in [3.8, 4) is 11.8 Å². The summed E-state index contributed by atoms with van der Waals surface area (Å²) in [6.45, 7) is 1.14. The predicted molar refractivity (Wildman–Crippen MR) is 143 cm³/mol. The van der Waals surface area contributed by atoms with Crippen LogP contribution in [0.5, 0.6) is 5.75 Å². The lowest BCUT2D eigenvalue weighted by Crippen LogP contribution is -2.49. The first-order valence-electron chi connectivity index (χ1n) is 13.5. The molecule has 3 atom stereocenters. The van der Waals surface area contributed by atoms with E-state index in [1.54, 1.807) is 23.1 Å². The van der Waals surface area contributed by atoms with Crippen LogP contribution in [-0.4, -0.2) is 59.9 Å². The standard InChI is InChI=1S/C28H34ClN5O4/c1-38-24-19-13-22(33-21(19)8-7-20(24)29)27(37)34-16-28(9-3-2-4-10-28)14-23(34)26(36)32-18(15-30)12-17-6-5-11-31-25(17)35/h7-8,13,17-18,23,33H,2-6,9-12,14,16H2,1H3,(H,31,35)(H,32,36)/t17-,18-,23-/m0/s1. The van der Waals surface area contributed by atoms with Crippen LogP contribution in [0.4, 0.5) is 0 Å². The molecule has 2 aromatic rings. The molecule has 5 rings (SSSR count). The van der Waals surface area contributed by atoms with Crippen LogP contribution in [0, 0.1) is 22.7 Å². The maximum absolute atomic E-state index is 13.9. The summed E-state index contributed by atoms with van der Waals surface area (Å²) in [5.74, 6) is -0.475. The van der Waals surface area contributed by atoms with Crippen LogP contribution in [0.1, 0.15) is 68.3 Å². The molecule has 1 saturated carbocycles. The summed E-state index contributed by atoms with van der Waals surface area (Å²) < 4.78 is 5.45. The van der Waals surface area contributed by atoms with E-state index in [1.165, 1.54) is 7.11 Å². The van der Waals surface area contributed by atoms with Gasteiger partial charge in [-0.1, -0.05) is 30.9 Å². The summed E-state index contributed by atoms with van der Waals surface area (Å²) in [7, 11) is 1.53. The average molecular weight is 540 g/mol. The Kier molecular flexibility index (Phi) is 7.53. The SMILES string of the molecule is COc1c(Cl)ccc2[nH]c(C(=O)N3CC4(CCCCC4)C[C@H]3C(=O)N[C@H](C#N)C[C@@H]3CCCNC3=O)cc12. The minimum Gasteiger partial charge on any atom is -0.494 e. The van der Waals surface area contributed by atoms with Gasteiger partial charge in [-0.15, -0.1) is 0 Å². The highest BCUT2D eigenvalue weighted by Crippen LogP contribution is 2.47. The van der Waals surface area contributed by atoms with E-state index in [2.05, 4.69) is 21.7 Å². The van der Waals surface area contributed by atoms with Gasteiger partial charge in [-0.2, -0.15) is 5.26 Å². The van der Waals surface area contributed by atoms with Gasteiger partial charge in [0.15, 0.2) is 0 Å². The van der Waals surface area contributed by atoms with Gasteiger partial charge >= 0.3 is 0 Å². The Morgan fingerprint density at radius 2 is 2.08 bits per heavy atom. The molecule has 0 radical (unpaired) electrons. The highest BCUT2D eigenvalue weighted by molar-refractivity contribution is 6.33. The minimum absolute atomic E-state index is 0.0704. The number of fused-ring (bicyclic) bond motifs is 1. The van der Waals surface area contributed by atoms with E-state index in [-0.39, 0.29) is 35.5 Å². The third kappa shape index (κ3) is 5.06. The lowest BCUT2D eigenvalue weighted by Gasteiger charge is -2.32. The van der Waals surface area contributed by atoms with Crippen LogP contribution in [0.15, 0.2) is 18.2 Å². The Balaban J connectivity index is 1.39. The summed E-state index contributed by atoms with van der Waals surface area (Å²) in [4.78, 5) is 44.6. The zero-order chi connectivity index (χ0) is 26.9. The Morgan fingerprint density at radius 3 is 2.79 bits per heavy atom. The first-order chi connectivity index (χ1) is 18.3. The lowest BCUT2D eigenvalue weighted by atomic mass is 9.72. The second-order valence-electron chi connectivity index (χ2n) is 11.0. The van der Waals surface area contributed by atoms with Crippen molar-refractivity contribution in [3.05, 3.63) is 28.9 Å². The largest absolute Gasteiger partial charge is 0.494 e. The average Bonchev–Trinajstić information content (AvgIpc) is 3.52. The van der Waals surface area contributed by atoms with Crippen molar-refractivity contribution < 1.29 is 19.1 Å². The summed E-state index contributed by atoms with van der Waals surface area (Å²) in [5.41, 5.74) is 0.980. The van der Waals surface area contributed by atoms with Crippen LogP contribution < -0.4 is 15.4 Å². The number of nitrogens with one attached hydrogen (secondary N) is 3. The first-order valence-corrected chi connectivity index (χ1v) is 13.9. The van der Waals surface area contributed by atoms with E-state index in [9.17, 15) is 19.6 Å². The van der Waals surface area contributed by atoms with Crippen LogP contribution in [0.3, 0.4) is 0 Å². The van der Waals surface area contributed by atoms with Crippen molar-refractivity contribution in [1.82, 2.24) is 20.5 Å². The van der Waals surface area contributed by atoms with Crippen molar-refractivity contribution in [3.63, 3.8) is 0 Å². The van der Waals surface area contributed by atoms with E-state index in [4.69, 9.17) is 16.3 Å². The van der Waals surface area contributed by atoms with Gasteiger partial charge in [0.05, 0.1) is 18.2 Å². The van der Waals surface area contributed by atoms with Crippen LogP contribution in [0.25, 0.3) is 10.9 Å². The number of carbonyl (C=O) groups excluding carboxylic acids is 3. The second kappa shape index (κ2) is 10.9. The van der Waals surface area contributed by atoms with Gasteiger partial charge in [0, 0.05) is 29.9 Å². The number of hydrogen-bond donors (Lipinski definition) is 3. The van der Waals surface area contributed by atoms with E-state index in [0.29, 0.717) is 47.8 Å². The van der Waals surface area contributed by atoms with E-state index < -0.39 is 12.1 Å². The fraction of sp³-hybridized carbons (Fsp3) is 0.571. The number of H-pyrrole nitrogens is 1.